The maximum absolute atomic E-state index is 12.9. The average Bonchev–Trinajstić information content (AvgIpc) is 3.45. The molecule has 0 heterocycles. The van der Waals surface area contributed by atoms with Crippen LogP contribution in [0, 0.1) is 0 Å². The molecule has 0 saturated heterocycles. The summed E-state index contributed by atoms with van der Waals surface area (Å²) < 4.78 is 16.9. The smallest absolute Gasteiger partial charge is 0.306 e. The van der Waals surface area contributed by atoms with Gasteiger partial charge >= 0.3 is 17.9 Å². The lowest BCUT2D eigenvalue weighted by atomic mass is 10.0. The second-order valence-electron chi connectivity index (χ2n) is 21.6. The molecule has 0 N–H and O–H groups in total. The molecule has 0 aromatic rings. The van der Waals surface area contributed by atoms with Gasteiger partial charge in [0.2, 0.25) is 0 Å². The van der Waals surface area contributed by atoms with E-state index in [1.807, 2.05) is 0 Å². The zero-order chi connectivity index (χ0) is 57.1. The first-order valence-electron chi connectivity index (χ1n) is 33.0. The lowest BCUT2D eigenvalue weighted by Crippen LogP contribution is -2.30. The first-order valence-corrected chi connectivity index (χ1v) is 33.0. The summed E-state index contributed by atoms with van der Waals surface area (Å²) in [5, 5.41) is 0. The molecule has 6 nitrogen and oxygen atoms in total. The lowest BCUT2D eigenvalue weighted by Gasteiger charge is -2.18. The van der Waals surface area contributed by atoms with Crippen molar-refractivity contribution < 1.29 is 28.6 Å². The van der Waals surface area contributed by atoms with Gasteiger partial charge in [-0.1, -0.05) is 277 Å². The van der Waals surface area contributed by atoms with Crippen molar-refractivity contribution in [3.63, 3.8) is 0 Å². The van der Waals surface area contributed by atoms with Crippen LogP contribution in [0.4, 0.5) is 0 Å². The standard InChI is InChI=1S/C73H122O6/c1-4-7-10-13-16-19-22-25-28-30-32-33-34-35-36-37-38-39-41-42-45-48-51-54-57-60-63-66-72(75)78-69-70(68-77-71(74)65-62-59-56-53-50-47-44-27-24-21-18-15-12-9-6-3)79-73(76)67-64-61-58-55-52-49-46-43-40-31-29-26-23-20-17-14-11-8-5-2/h7-8,10-11,16-17,19-20,25-29,32-33,35-36,40,43-44,70H,4-6,9,12-15,18,21-24,30-31,34,37-39,41-42,45-69H2,1-3H3/b10-7-,11-8-,19-16-,20-17-,28-25-,29-26-,33-32-,36-35-,43-40-,44-27-. The lowest BCUT2D eigenvalue weighted by molar-refractivity contribution is -0.167. The molecule has 0 rings (SSSR count). The highest BCUT2D eigenvalue weighted by Gasteiger charge is 2.19. The number of hydrogen-bond donors (Lipinski definition) is 0. The van der Waals surface area contributed by atoms with Gasteiger partial charge in [0.15, 0.2) is 6.10 Å². The molecule has 0 fully saturated rings. The normalized spacial score (nSPS) is 12.9. The van der Waals surface area contributed by atoms with Crippen LogP contribution in [-0.2, 0) is 28.6 Å². The highest BCUT2D eigenvalue weighted by atomic mass is 16.6. The Bertz CT molecular complexity index is 1640. The van der Waals surface area contributed by atoms with E-state index < -0.39 is 6.10 Å². The van der Waals surface area contributed by atoms with Gasteiger partial charge in [0, 0.05) is 19.3 Å². The molecule has 0 aliphatic rings. The van der Waals surface area contributed by atoms with Crippen molar-refractivity contribution in [1.29, 1.82) is 0 Å². The van der Waals surface area contributed by atoms with E-state index in [-0.39, 0.29) is 31.1 Å². The minimum absolute atomic E-state index is 0.0894. The number of hydrogen-bond acceptors (Lipinski definition) is 6. The number of unbranched alkanes of at least 4 members (excludes halogenated alkanes) is 28. The predicted molar refractivity (Wildman–Crippen MR) is 343 cm³/mol. The second kappa shape index (κ2) is 66.3. The summed E-state index contributed by atoms with van der Waals surface area (Å²) in [5.74, 6) is -0.907. The number of rotatable bonds is 59. The van der Waals surface area contributed by atoms with Crippen molar-refractivity contribution in [2.45, 2.75) is 309 Å². The number of ether oxygens (including phenoxy) is 3. The number of esters is 3. The van der Waals surface area contributed by atoms with Gasteiger partial charge in [0.05, 0.1) is 0 Å². The first kappa shape index (κ1) is 74.8. The molecule has 0 spiro atoms. The molecular weight excluding hydrogens is 973 g/mol. The third-order valence-corrected chi connectivity index (χ3v) is 13.9. The summed E-state index contributed by atoms with van der Waals surface area (Å²) in [6.07, 6.45) is 92.0. The molecular formula is C73H122O6. The van der Waals surface area contributed by atoms with Crippen LogP contribution in [0.1, 0.15) is 303 Å². The quantitative estimate of drug-likeness (QED) is 0.0261. The Hall–Kier alpha value is -4.19. The van der Waals surface area contributed by atoms with E-state index in [9.17, 15) is 14.4 Å². The topological polar surface area (TPSA) is 78.9 Å². The van der Waals surface area contributed by atoms with Crippen molar-refractivity contribution in [2.24, 2.45) is 0 Å². The van der Waals surface area contributed by atoms with E-state index in [1.165, 1.54) is 128 Å². The zero-order valence-corrected chi connectivity index (χ0v) is 51.6. The molecule has 0 aliphatic heterocycles. The van der Waals surface area contributed by atoms with Crippen LogP contribution in [0.25, 0.3) is 0 Å². The van der Waals surface area contributed by atoms with Crippen LogP contribution in [0.3, 0.4) is 0 Å². The molecule has 0 saturated carbocycles. The van der Waals surface area contributed by atoms with Crippen molar-refractivity contribution in [2.75, 3.05) is 13.2 Å². The Balaban J connectivity index is 4.37. The fourth-order valence-electron chi connectivity index (χ4n) is 9.04. The summed E-state index contributed by atoms with van der Waals surface area (Å²) in [6.45, 7) is 6.41. The molecule has 450 valence electrons. The van der Waals surface area contributed by atoms with Crippen LogP contribution < -0.4 is 0 Å². The third kappa shape index (κ3) is 64.5. The molecule has 0 aromatic heterocycles. The van der Waals surface area contributed by atoms with Gasteiger partial charge in [0.25, 0.3) is 0 Å². The maximum Gasteiger partial charge on any atom is 0.306 e. The Morgan fingerprint density at radius 3 is 0.785 bits per heavy atom. The Kier molecular flexibility index (Phi) is 62.8. The predicted octanol–water partition coefficient (Wildman–Crippen LogP) is 22.8. The minimum Gasteiger partial charge on any atom is -0.462 e. The molecule has 0 radical (unpaired) electrons. The van der Waals surface area contributed by atoms with Crippen LogP contribution in [0.5, 0.6) is 0 Å². The molecule has 6 heteroatoms. The molecule has 0 bridgehead atoms. The highest BCUT2D eigenvalue weighted by molar-refractivity contribution is 5.71. The first-order chi connectivity index (χ1) is 39.0. The van der Waals surface area contributed by atoms with Gasteiger partial charge in [-0.2, -0.15) is 0 Å². The van der Waals surface area contributed by atoms with Gasteiger partial charge in [-0.3, -0.25) is 14.4 Å². The van der Waals surface area contributed by atoms with E-state index >= 15 is 0 Å². The van der Waals surface area contributed by atoms with E-state index in [0.717, 1.165) is 135 Å². The zero-order valence-electron chi connectivity index (χ0n) is 51.6. The molecule has 0 amide bonds. The SMILES string of the molecule is CC/C=C\C/C=C\C/C=C\C/C=C\C/C=C\CCCCCCCCCCCCCC(=O)OCC(COC(=O)CCCCCCC/C=C\CCCCCCCC)OC(=O)CCCCCCCC/C=C\C/C=C\C/C=C\C/C=C\CC. The van der Waals surface area contributed by atoms with Gasteiger partial charge in [0.1, 0.15) is 13.2 Å². The summed E-state index contributed by atoms with van der Waals surface area (Å²) >= 11 is 0. The van der Waals surface area contributed by atoms with Crippen molar-refractivity contribution in [1.82, 2.24) is 0 Å². The summed E-state index contributed by atoms with van der Waals surface area (Å²) in [7, 11) is 0. The van der Waals surface area contributed by atoms with Gasteiger partial charge in [-0.25, -0.2) is 0 Å². The highest BCUT2D eigenvalue weighted by Crippen LogP contribution is 2.16. The fourth-order valence-corrected chi connectivity index (χ4v) is 9.04. The van der Waals surface area contributed by atoms with Gasteiger partial charge in [-0.15, -0.1) is 0 Å². The Labute approximate surface area is 488 Å². The largest absolute Gasteiger partial charge is 0.462 e. The summed E-state index contributed by atoms with van der Waals surface area (Å²) in [6, 6.07) is 0. The molecule has 0 aromatic carbocycles. The fraction of sp³-hybridized carbons (Fsp3) is 0.685. The number of allylic oxidation sites excluding steroid dienone is 20. The van der Waals surface area contributed by atoms with E-state index in [2.05, 4.69) is 142 Å². The van der Waals surface area contributed by atoms with Crippen molar-refractivity contribution >= 4 is 17.9 Å². The molecule has 0 aliphatic carbocycles. The van der Waals surface area contributed by atoms with Crippen LogP contribution in [-0.4, -0.2) is 37.2 Å². The van der Waals surface area contributed by atoms with Crippen molar-refractivity contribution in [3.8, 4) is 0 Å². The van der Waals surface area contributed by atoms with E-state index in [0.29, 0.717) is 19.3 Å². The molecule has 1 unspecified atom stereocenters. The molecule has 1 atom stereocenters. The van der Waals surface area contributed by atoms with Crippen molar-refractivity contribution in [3.05, 3.63) is 122 Å². The number of carbonyl (C=O) groups is 3. The summed E-state index contributed by atoms with van der Waals surface area (Å²) in [5.41, 5.74) is 0. The van der Waals surface area contributed by atoms with Crippen LogP contribution in [0.2, 0.25) is 0 Å². The van der Waals surface area contributed by atoms with Gasteiger partial charge in [-0.05, 0) is 128 Å². The third-order valence-electron chi connectivity index (χ3n) is 13.9. The van der Waals surface area contributed by atoms with Crippen LogP contribution >= 0.6 is 0 Å². The van der Waals surface area contributed by atoms with E-state index in [4.69, 9.17) is 14.2 Å². The van der Waals surface area contributed by atoms with E-state index in [1.54, 1.807) is 0 Å². The average molecular weight is 1100 g/mol. The minimum atomic E-state index is -0.795. The molecule has 79 heavy (non-hydrogen) atoms. The maximum atomic E-state index is 12.9. The van der Waals surface area contributed by atoms with Crippen LogP contribution in [0.15, 0.2) is 122 Å². The number of carbonyl (C=O) groups excluding carboxylic acids is 3. The Morgan fingerprint density at radius 1 is 0.266 bits per heavy atom. The Morgan fingerprint density at radius 2 is 0.494 bits per heavy atom. The monoisotopic (exact) mass is 1090 g/mol. The summed E-state index contributed by atoms with van der Waals surface area (Å²) in [4.78, 5) is 38.4. The van der Waals surface area contributed by atoms with Gasteiger partial charge < -0.3 is 14.2 Å². The second-order valence-corrected chi connectivity index (χ2v) is 21.6.